The standard InChI is InChI=1S/C9H20N2O2.Pt/c1-11(2,3)7-5-4-6-8(10)9(12)13;/h8H,4-7,10H2,1-3H3;/q;+2/p+1/t8-;/m0./s1. The number of hydrogen-bond acceptors (Lipinski definition) is 2. The molecular weight excluding hydrogens is 363 g/mol. The number of nitrogens with zero attached hydrogens (tertiary/aromatic N) is 1. The minimum Gasteiger partial charge on any atom is -0.480 e. The number of carboxylic acids is 1. The Balaban J connectivity index is 0. The van der Waals surface area contributed by atoms with Crippen LogP contribution in [0.1, 0.15) is 19.3 Å². The maximum Gasteiger partial charge on any atom is 2.00 e. The van der Waals surface area contributed by atoms with Crippen molar-refractivity contribution in [3.05, 3.63) is 0 Å². The zero-order valence-corrected chi connectivity index (χ0v) is 11.4. The molecule has 4 nitrogen and oxygen atoms in total. The summed E-state index contributed by atoms with van der Waals surface area (Å²) in [4.78, 5) is 10.4. The van der Waals surface area contributed by atoms with E-state index in [2.05, 4.69) is 21.1 Å². The van der Waals surface area contributed by atoms with Crippen molar-refractivity contribution in [3.8, 4) is 0 Å². The van der Waals surface area contributed by atoms with Crippen LogP contribution in [0.4, 0.5) is 0 Å². The van der Waals surface area contributed by atoms with Crippen LogP contribution in [0.15, 0.2) is 0 Å². The Morgan fingerprint density at radius 2 is 1.86 bits per heavy atom. The molecule has 1 atom stereocenters. The Labute approximate surface area is 100 Å². The molecule has 0 saturated carbocycles. The summed E-state index contributed by atoms with van der Waals surface area (Å²) in [6.07, 6.45) is 2.50. The second kappa shape index (κ2) is 7.38. The van der Waals surface area contributed by atoms with Crippen molar-refractivity contribution < 1.29 is 35.4 Å². The molecule has 0 aromatic carbocycles. The van der Waals surface area contributed by atoms with Gasteiger partial charge >= 0.3 is 27.0 Å². The van der Waals surface area contributed by atoms with Gasteiger partial charge in [-0.15, -0.1) is 0 Å². The number of hydrogen-bond donors (Lipinski definition) is 2. The number of carbonyl (C=O) groups is 1. The molecule has 0 fully saturated rings. The van der Waals surface area contributed by atoms with Crippen LogP contribution in [0.2, 0.25) is 0 Å². The molecule has 0 radical (unpaired) electrons. The summed E-state index contributed by atoms with van der Waals surface area (Å²) in [5, 5.41) is 8.51. The van der Waals surface area contributed by atoms with Gasteiger partial charge in [-0.25, -0.2) is 0 Å². The second-order valence-corrected chi connectivity index (χ2v) is 4.45. The molecular formula is C9H21N2O2Pt+3. The van der Waals surface area contributed by atoms with Crippen molar-refractivity contribution in [1.29, 1.82) is 0 Å². The molecule has 0 aromatic rings. The van der Waals surface area contributed by atoms with E-state index in [4.69, 9.17) is 10.8 Å². The summed E-state index contributed by atoms with van der Waals surface area (Å²) in [6.45, 7) is 1.06. The molecule has 0 aliphatic heterocycles. The molecule has 0 saturated heterocycles. The fourth-order valence-electron chi connectivity index (χ4n) is 1.07. The van der Waals surface area contributed by atoms with Gasteiger partial charge in [-0.1, -0.05) is 0 Å². The van der Waals surface area contributed by atoms with Gasteiger partial charge in [0.1, 0.15) is 6.04 Å². The molecule has 14 heavy (non-hydrogen) atoms. The van der Waals surface area contributed by atoms with Crippen LogP contribution in [-0.2, 0) is 25.9 Å². The third-order valence-corrected chi connectivity index (χ3v) is 1.91. The van der Waals surface area contributed by atoms with Gasteiger partial charge in [0, 0.05) is 0 Å². The number of nitrogens with two attached hydrogens (primary N) is 1. The van der Waals surface area contributed by atoms with E-state index in [9.17, 15) is 4.79 Å². The van der Waals surface area contributed by atoms with Gasteiger partial charge in [0.15, 0.2) is 0 Å². The van der Waals surface area contributed by atoms with E-state index in [1.54, 1.807) is 0 Å². The van der Waals surface area contributed by atoms with E-state index in [0.29, 0.717) is 6.42 Å². The van der Waals surface area contributed by atoms with Crippen LogP contribution in [-0.4, -0.2) is 49.3 Å². The third kappa shape index (κ3) is 10.2. The zero-order chi connectivity index (χ0) is 10.5. The molecule has 3 N–H and O–H groups in total. The molecule has 0 heterocycles. The molecule has 0 amide bonds. The van der Waals surface area contributed by atoms with E-state index >= 15 is 0 Å². The smallest absolute Gasteiger partial charge is 0.480 e. The molecule has 0 unspecified atom stereocenters. The van der Waals surface area contributed by atoms with Gasteiger partial charge in [-0.2, -0.15) is 0 Å². The van der Waals surface area contributed by atoms with E-state index in [1.807, 2.05) is 0 Å². The first-order chi connectivity index (χ1) is 5.83. The van der Waals surface area contributed by atoms with Crippen LogP contribution < -0.4 is 5.73 Å². The van der Waals surface area contributed by atoms with Crippen LogP contribution in [0.25, 0.3) is 0 Å². The molecule has 0 bridgehead atoms. The number of quaternary nitrogens is 1. The van der Waals surface area contributed by atoms with Gasteiger partial charge in [-0.05, 0) is 19.3 Å². The van der Waals surface area contributed by atoms with Crippen LogP contribution >= 0.6 is 0 Å². The number of carboxylic acid groups (broad SMARTS) is 1. The Morgan fingerprint density at radius 1 is 1.36 bits per heavy atom. The Kier molecular flexibility index (Phi) is 8.70. The first-order valence-corrected chi connectivity index (χ1v) is 4.62. The zero-order valence-electron chi connectivity index (χ0n) is 9.10. The topological polar surface area (TPSA) is 63.3 Å². The number of rotatable bonds is 6. The van der Waals surface area contributed by atoms with Gasteiger partial charge < -0.3 is 15.3 Å². The predicted octanol–water partition coefficient (Wildman–Crippen LogP) is 0.272. The largest absolute Gasteiger partial charge is 2.00 e. The van der Waals surface area contributed by atoms with Crippen molar-refractivity contribution in [2.45, 2.75) is 25.3 Å². The Morgan fingerprint density at radius 3 is 2.21 bits per heavy atom. The average molecular weight is 384 g/mol. The van der Waals surface area contributed by atoms with Crippen molar-refractivity contribution >= 4 is 5.97 Å². The average Bonchev–Trinajstić information content (AvgIpc) is 1.95. The summed E-state index contributed by atoms with van der Waals surface area (Å²) in [6, 6.07) is -0.688. The molecule has 86 valence electrons. The summed E-state index contributed by atoms with van der Waals surface area (Å²) in [5.74, 6) is -0.898. The summed E-state index contributed by atoms with van der Waals surface area (Å²) < 4.78 is 0.919. The minimum atomic E-state index is -0.898. The van der Waals surface area contributed by atoms with Crippen molar-refractivity contribution in [2.24, 2.45) is 5.73 Å². The minimum absolute atomic E-state index is 0. The van der Waals surface area contributed by atoms with Crippen LogP contribution in [0.3, 0.4) is 0 Å². The maximum absolute atomic E-state index is 10.4. The monoisotopic (exact) mass is 384 g/mol. The molecule has 0 spiro atoms. The second-order valence-electron chi connectivity index (χ2n) is 4.45. The van der Waals surface area contributed by atoms with Crippen molar-refractivity contribution in [2.75, 3.05) is 27.7 Å². The van der Waals surface area contributed by atoms with Crippen LogP contribution in [0.5, 0.6) is 0 Å². The number of unbranched alkanes of at least 4 members (excludes halogenated alkanes) is 1. The van der Waals surface area contributed by atoms with Gasteiger partial charge in [0.05, 0.1) is 27.7 Å². The Hall–Kier alpha value is 0.0783. The number of aliphatic carboxylic acids is 1. The normalized spacial score (nSPS) is 13.1. The van der Waals surface area contributed by atoms with Gasteiger partial charge in [-0.3, -0.25) is 4.79 Å². The summed E-state index contributed by atoms with van der Waals surface area (Å²) in [5.41, 5.74) is 5.36. The van der Waals surface area contributed by atoms with E-state index in [0.717, 1.165) is 23.9 Å². The molecule has 0 rings (SSSR count). The first-order valence-electron chi connectivity index (χ1n) is 4.62. The fraction of sp³-hybridized carbons (Fsp3) is 0.889. The van der Waals surface area contributed by atoms with E-state index in [1.165, 1.54) is 0 Å². The fourth-order valence-corrected chi connectivity index (χ4v) is 1.07. The van der Waals surface area contributed by atoms with Gasteiger partial charge in [0.25, 0.3) is 0 Å². The maximum atomic E-state index is 10.4. The summed E-state index contributed by atoms with van der Waals surface area (Å²) >= 11 is 0. The van der Waals surface area contributed by atoms with Crippen molar-refractivity contribution in [3.63, 3.8) is 0 Å². The summed E-state index contributed by atoms with van der Waals surface area (Å²) in [7, 11) is 6.37. The molecule has 0 aromatic heterocycles. The molecule has 0 aliphatic carbocycles. The third-order valence-electron chi connectivity index (χ3n) is 1.91. The quantitative estimate of drug-likeness (QED) is 0.511. The van der Waals surface area contributed by atoms with Crippen molar-refractivity contribution in [1.82, 2.24) is 0 Å². The SMILES string of the molecule is C[N+](C)(C)CCCC[C@H](N)C(=O)O.[Pt+2]. The first kappa shape index (κ1) is 16.5. The van der Waals surface area contributed by atoms with E-state index in [-0.39, 0.29) is 21.1 Å². The van der Waals surface area contributed by atoms with Crippen LogP contribution in [0, 0.1) is 0 Å². The molecule has 5 heteroatoms. The van der Waals surface area contributed by atoms with E-state index < -0.39 is 12.0 Å². The van der Waals surface area contributed by atoms with Gasteiger partial charge in [0.2, 0.25) is 0 Å². The Bertz CT molecular complexity index is 169. The predicted molar refractivity (Wildman–Crippen MR) is 52.4 cm³/mol. The molecule has 0 aliphatic rings.